The molecule has 27 rings (SSSR count). The van der Waals surface area contributed by atoms with Crippen LogP contribution in [0, 0.1) is 0 Å². The number of benzene rings is 16. The van der Waals surface area contributed by atoms with Gasteiger partial charge in [-0.1, -0.05) is 322 Å². The van der Waals surface area contributed by atoms with Gasteiger partial charge < -0.3 is 0 Å². The molecule has 0 fully saturated rings. The highest BCUT2D eigenvalue weighted by molar-refractivity contribution is 7.28. The Balaban J connectivity index is 0.000000105. The van der Waals surface area contributed by atoms with Crippen LogP contribution >= 0.6 is 34.0 Å². The number of rotatable bonds is 9. The Bertz CT molecular complexity index is 8180. The number of nitrogens with zero attached hydrogens (tertiary/aromatic N) is 12. The molecule has 0 saturated carbocycles. The first-order valence-corrected chi connectivity index (χ1v) is 45.2. The quantitative estimate of drug-likeness (QED) is 0.126. The maximum atomic E-state index is 5.57. The van der Waals surface area contributed by atoms with E-state index in [1.54, 1.807) is 24.8 Å². The number of hydrogen-bond donors (Lipinski definition) is 0. The van der Waals surface area contributed by atoms with Gasteiger partial charge in [0.15, 0.2) is 34.9 Å². The third-order valence-corrected chi connectivity index (χ3v) is 28.0. The lowest BCUT2D eigenvalue weighted by Crippen LogP contribution is -2.02. The second kappa shape index (κ2) is 31.3. The highest BCUT2D eigenvalue weighted by atomic mass is 32.1. The minimum atomic E-state index is 0.521. The van der Waals surface area contributed by atoms with Crippen molar-refractivity contribution < 1.29 is 0 Å². The van der Waals surface area contributed by atoms with E-state index in [1.807, 2.05) is 131 Å². The largest absolute Gasteiger partial charge is 0.265 e. The number of aromatic nitrogens is 12. The Labute approximate surface area is 749 Å². The van der Waals surface area contributed by atoms with Gasteiger partial charge in [0.2, 0.25) is 0 Å². The number of hydrogen-bond acceptors (Lipinski definition) is 15. The molecule has 0 bridgehead atoms. The van der Waals surface area contributed by atoms with Crippen LogP contribution in [0.5, 0.6) is 0 Å². The van der Waals surface area contributed by atoms with Gasteiger partial charge in [-0.2, -0.15) is 0 Å². The molecule has 0 spiro atoms. The average molecular weight is 1700 g/mol. The Morgan fingerprint density at radius 2 is 0.388 bits per heavy atom. The van der Waals surface area contributed by atoms with Gasteiger partial charge in [-0.25, -0.2) is 49.8 Å². The SMILES string of the molecule is c1ccc(-c2cc(-c3nc4c5ccccc5c5c6ccccc6sc5c4c4ccccc34)cc(-c3ccccc3)n2)cc1.c1ccc(-c2nc(-c3ccccc3)nc(-c3nc4c5ccccc5c5c6ccccc6sc5c4c4ccccc34)n2)cc1.c1ccc2c(c1)sc1c2c2ccccc2c2nc(-c3nc(-c4ccncc4)nc(-c4ccncc4)n3)c3ccccc3c21. The van der Waals surface area contributed by atoms with Crippen molar-refractivity contribution in [3.8, 4) is 102 Å². The Kier molecular flexibility index (Phi) is 18.2. The molecule has 0 amide bonds. The Hall–Kier alpha value is -16.6. The summed E-state index contributed by atoms with van der Waals surface area (Å²) >= 11 is 5.54. The van der Waals surface area contributed by atoms with Gasteiger partial charge in [0.25, 0.3) is 0 Å². The second-order valence-electron chi connectivity index (χ2n) is 31.9. The van der Waals surface area contributed by atoms with Gasteiger partial charge in [0.05, 0.1) is 33.6 Å². The van der Waals surface area contributed by atoms with Gasteiger partial charge in [-0.05, 0) is 86.9 Å². The summed E-state index contributed by atoms with van der Waals surface area (Å²) in [5.74, 6) is 3.46. The summed E-state index contributed by atoms with van der Waals surface area (Å²) in [7, 11) is 0. The summed E-state index contributed by atoms with van der Waals surface area (Å²) in [6, 6.07) is 131. The molecule has 0 atom stereocenters. The molecular formula is C114H66N12S3. The van der Waals surface area contributed by atoms with Crippen molar-refractivity contribution in [3.63, 3.8) is 0 Å². The van der Waals surface area contributed by atoms with E-state index in [2.05, 4.69) is 289 Å². The summed E-state index contributed by atoms with van der Waals surface area (Å²) in [5, 5.41) is 25.1. The summed E-state index contributed by atoms with van der Waals surface area (Å²) < 4.78 is 7.66. The van der Waals surface area contributed by atoms with Crippen LogP contribution in [0.3, 0.4) is 0 Å². The molecule has 600 valence electrons. The molecule has 11 heterocycles. The van der Waals surface area contributed by atoms with E-state index in [9.17, 15) is 0 Å². The predicted octanol–water partition coefficient (Wildman–Crippen LogP) is 30.3. The first-order valence-electron chi connectivity index (χ1n) is 42.7. The second-order valence-corrected chi connectivity index (χ2v) is 35.1. The fourth-order valence-electron chi connectivity index (χ4n) is 18.7. The zero-order valence-corrected chi connectivity index (χ0v) is 71.1. The van der Waals surface area contributed by atoms with Crippen LogP contribution in [0.2, 0.25) is 0 Å². The van der Waals surface area contributed by atoms with Crippen LogP contribution in [0.15, 0.2) is 401 Å². The lowest BCUT2D eigenvalue weighted by Gasteiger charge is -2.15. The molecule has 0 N–H and O–H groups in total. The lowest BCUT2D eigenvalue weighted by molar-refractivity contribution is 1.06. The Morgan fingerprint density at radius 1 is 0.155 bits per heavy atom. The number of thiophene rings is 3. The van der Waals surface area contributed by atoms with E-state index in [-0.39, 0.29) is 0 Å². The van der Waals surface area contributed by atoms with E-state index in [1.165, 1.54) is 98.2 Å². The fraction of sp³-hybridized carbons (Fsp3) is 0. The maximum absolute atomic E-state index is 5.57. The molecule has 129 heavy (non-hydrogen) atoms. The molecule has 16 aromatic carbocycles. The van der Waals surface area contributed by atoms with Gasteiger partial charge in [0, 0.05) is 173 Å². The third-order valence-electron chi connectivity index (χ3n) is 24.4. The lowest BCUT2D eigenvalue weighted by atomic mass is 9.94. The van der Waals surface area contributed by atoms with Crippen LogP contribution in [-0.4, -0.2) is 59.8 Å². The van der Waals surface area contributed by atoms with Crippen molar-refractivity contribution in [2.45, 2.75) is 0 Å². The van der Waals surface area contributed by atoms with Crippen molar-refractivity contribution >= 4 is 192 Å². The minimum absolute atomic E-state index is 0.521. The van der Waals surface area contributed by atoms with E-state index >= 15 is 0 Å². The van der Waals surface area contributed by atoms with Crippen LogP contribution in [0.25, 0.3) is 260 Å². The first-order chi connectivity index (χ1) is 64.0. The minimum Gasteiger partial charge on any atom is -0.265 e. The van der Waals surface area contributed by atoms with Crippen LogP contribution in [-0.2, 0) is 0 Å². The predicted molar refractivity (Wildman–Crippen MR) is 538 cm³/mol. The monoisotopic (exact) mass is 1700 g/mol. The standard InChI is InChI=1S/C40H24N2S.C38H22N4S.C36H20N6S/c1-3-13-25(14-4-1)33-23-27(24-34(41-33)26-15-5-2-6-16-26)38-30-19-9-8-18-29(30)37-39(42-38)31-20-10-7-17-28(31)36-32-21-11-12-22-35(32)43-40(36)37;1-3-13-23(14-4-1)36-40-37(24-15-5-2-6-16-24)42-38(41-36)34-28-20-10-8-18-26(28)32-33(39-34)27-19-9-7-17-25(27)31-29-21-11-12-22-30(29)43-35(31)32;1-3-9-25-23(7-1)29-27-11-5-6-12-28(27)43-33(29)30-24-8-2-4-10-26(24)32(39-31(25)30)36-41-34(21-13-17-37-18-14-21)40-35(42-36)22-15-19-38-20-16-22/h1-24H;1-22H;1-20H. The van der Waals surface area contributed by atoms with Crippen molar-refractivity contribution in [2.75, 3.05) is 0 Å². The van der Waals surface area contributed by atoms with Crippen molar-refractivity contribution in [2.24, 2.45) is 0 Å². The van der Waals surface area contributed by atoms with Crippen molar-refractivity contribution in [1.82, 2.24) is 59.8 Å². The maximum Gasteiger partial charge on any atom is 0.183 e. The molecule has 0 unspecified atom stereocenters. The summed E-state index contributed by atoms with van der Waals surface area (Å²) in [6.07, 6.45) is 6.99. The van der Waals surface area contributed by atoms with E-state index < -0.39 is 0 Å². The fourth-order valence-corrected chi connectivity index (χ4v) is 22.5. The Morgan fingerprint density at radius 3 is 0.705 bits per heavy atom. The normalized spacial score (nSPS) is 11.7. The molecule has 0 aliphatic rings. The van der Waals surface area contributed by atoms with Gasteiger partial charge in [-0.3, -0.25) is 9.97 Å². The average Bonchev–Trinajstić information content (AvgIpc) is 1.64. The topological polar surface area (TPSA) is 155 Å². The molecule has 27 aromatic rings. The van der Waals surface area contributed by atoms with Crippen molar-refractivity contribution in [3.05, 3.63) is 401 Å². The molecule has 0 radical (unpaired) electrons. The zero-order chi connectivity index (χ0) is 85.0. The van der Waals surface area contributed by atoms with Crippen LogP contribution in [0.4, 0.5) is 0 Å². The number of pyridine rings is 6. The van der Waals surface area contributed by atoms with Gasteiger partial charge in [-0.15, -0.1) is 34.0 Å². The van der Waals surface area contributed by atoms with Crippen LogP contribution < -0.4 is 0 Å². The van der Waals surface area contributed by atoms with E-state index in [0.717, 1.165) is 127 Å². The third kappa shape index (κ3) is 12.8. The summed E-state index contributed by atoms with van der Waals surface area (Å²) in [4.78, 5) is 59.8. The van der Waals surface area contributed by atoms with E-state index in [0.29, 0.717) is 34.9 Å². The first kappa shape index (κ1) is 75.0. The summed E-state index contributed by atoms with van der Waals surface area (Å²) in [6.45, 7) is 0. The van der Waals surface area contributed by atoms with Gasteiger partial charge >= 0.3 is 0 Å². The smallest absolute Gasteiger partial charge is 0.183 e. The molecule has 0 saturated heterocycles. The number of fused-ring (bicyclic) bond motifs is 30. The molecule has 0 aliphatic heterocycles. The highest BCUT2D eigenvalue weighted by Gasteiger charge is 2.27. The molecular weight excluding hydrogens is 1630 g/mol. The zero-order valence-electron chi connectivity index (χ0n) is 68.7. The molecule has 11 aromatic heterocycles. The highest BCUT2D eigenvalue weighted by Crippen LogP contribution is 2.52. The van der Waals surface area contributed by atoms with Crippen LogP contribution in [0.1, 0.15) is 0 Å². The van der Waals surface area contributed by atoms with E-state index in [4.69, 9.17) is 49.8 Å². The van der Waals surface area contributed by atoms with Gasteiger partial charge in [0.1, 0.15) is 11.4 Å². The molecule has 12 nitrogen and oxygen atoms in total. The molecule has 15 heteroatoms. The summed E-state index contributed by atoms with van der Waals surface area (Å²) in [5.41, 5.74) is 14.1. The molecule has 0 aliphatic carbocycles. The van der Waals surface area contributed by atoms with Crippen molar-refractivity contribution in [1.29, 1.82) is 0 Å².